The molecule has 1 aliphatic heterocycles. The van der Waals surface area contributed by atoms with Crippen LogP contribution in [-0.2, 0) is 11.2 Å². The van der Waals surface area contributed by atoms with E-state index >= 15 is 0 Å². The van der Waals surface area contributed by atoms with Gasteiger partial charge in [-0.2, -0.15) is 0 Å². The van der Waals surface area contributed by atoms with Crippen LogP contribution in [0.1, 0.15) is 12.2 Å². The van der Waals surface area contributed by atoms with E-state index in [4.69, 9.17) is 4.74 Å². The molecule has 0 aliphatic carbocycles. The van der Waals surface area contributed by atoms with Gasteiger partial charge in [-0.25, -0.2) is 9.97 Å². The summed E-state index contributed by atoms with van der Waals surface area (Å²) in [6, 6.07) is 1.85. The number of aromatic nitrogens is 2. The molecule has 1 saturated heterocycles. The van der Waals surface area contributed by atoms with Gasteiger partial charge in [-0.05, 0) is 19.0 Å². The van der Waals surface area contributed by atoms with E-state index in [1.807, 2.05) is 6.07 Å². The first-order valence-electron chi connectivity index (χ1n) is 5.51. The number of ether oxygens (including phenoxy) is 1. The molecule has 15 heavy (non-hydrogen) atoms. The van der Waals surface area contributed by atoms with Gasteiger partial charge in [0, 0.05) is 31.9 Å². The molecule has 1 fully saturated rings. The monoisotopic (exact) mass is 207 g/mol. The first-order valence-corrected chi connectivity index (χ1v) is 5.51. The second-order valence-corrected chi connectivity index (χ2v) is 3.72. The summed E-state index contributed by atoms with van der Waals surface area (Å²) in [7, 11) is 0. The fourth-order valence-electron chi connectivity index (χ4n) is 1.74. The molecule has 4 heteroatoms. The lowest BCUT2D eigenvalue weighted by molar-refractivity contribution is 0.0374. The summed E-state index contributed by atoms with van der Waals surface area (Å²) in [5.41, 5.74) is 0. The number of nitrogens with zero attached hydrogens (tertiary/aromatic N) is 3. The maximum absolute atomic E-state index is 5.30. The molecule has 82 valence electrons. The Balaban J connectivity index is 1.66. The molecule has 0 bridgehead atoms. The number of hydrogen-bond acceptors (Lipinski definition) is 4. The summed E-state index contributed by atoms with van der Waals surface area (Å²) in [5, 5.41) is 0. The van der Waals surface area contributed by atoms with Crippen molar-refractivity contribution in [2.45, 2.75) is 12.8 Å². The zero-order chi connectivity index (χ0) is 10.3. The molecule has 2 heterocycles. The summed E-state index contributed by atoms with van der Waals surface area (Å²) in [6.07, 6.45) is 5.70. The van der Waals surface area contributed by atoms with Crippen LogP contribution in [0.5, 0.6) is 0 Å². The van der Waals surface area contributed by atoms with Crippen LogP contribution in [0, 0.1) is 0 Å². The van der Waals surface area contributed by atoms with Gasteiger partial charge in [0.1, 0.15) is 5.82 Å². The van der Waals surface area contributed by atoms with Crippen LogP contribution in [-0.4, -0.2) is 47.7 Å². The van der Waals surface area contributed by atoms with Crippen LogP contribution in [0.25, 0.3) is 0 Å². The Morgan fingerprint density at radius 2 is 1.93 bits per heavy atom. The van der Waals surface area contributed by atoms with Crippen LogP contribution >= 0.6 is 0 Å². The van der Waals surface area contributed by atoms with Crippen LogP contribution in [0.2, 0.25) is 0 Å². The Morgan fingerprint density at radius 1 is 1.20 bits per heavy atom. The van der Waals surface area contributed by atoms with E-state index in [1.165, 1.54) is 0 Å². The lowest BCUT2D eigenvalue weighted by atomic mass is 10.2. The Morgan fingerprint density at radius 3 is 2.67 bits per heavy atom. The Bertz CT molecular complexity index is 272. The highest BCUT2D eigenvalue weighted by molar-refractivity contribution is 4.88. The van der Waals surface area contributed by atoms with E-state index in [-0.39, 0.29) is 0 Å². The molecule has 0 radical (unpaired) electrons. The second-order valence-electron chi connectivity index (χ2n) is 3.72. The molecule has 1 aliphatic rings. The van der Waals surface area contributed by atoms with Gasteiger partial charge in [0.05, 0.1) is 13.2 Å². The van der Waals surface area contributed by atoms with Crippen molar-refractivity contribution in [2.24, 2.45) is 0 Å². The fourth-order valence-corrected chi connectivity index (χ4v) is 1.74. The van der Waals surface area contributed by atoms with Gasteiger partial charge in [-0.3, -0.25) is 4.90 Å². The molecule has 0 unspecified atom stereocenters. The highest BCUT2D eigenvalue weighted by atomic mass is 16.5. The summed E-state index contributed by atoms with van der Waals surface area (Å²) >= 11 is 0. The number of rotatable bonds is 4. The molecule has 0 atom stereocenters. The molecular formula is C11H17N3O. The van der Waals surface area contributed by atoms with Crippen molar-refractivity contribution in [1.29, 1.82) is 0 Å². The molecule has 0 saturated carbocycles. The van der Waals surface area contributed by atoms with Gasteiger partial charge in [-0.1, -0.05) is 0 Å². The third kappa shape index (κ3) is 3.57. The van der Waals surface area contributed by atoms with E-state index < -0.39 is 0 Å². The van der Waals surface area contributed by atoms with Crippen molar-refractivity contribution in [3.8, 4) is 0 Å². The minimum Gasteiger partial charge on any atom is -0.379 e. The van der Waals surface area contributed by atoms with E-state index in [0.29, 0.717) is 0 Å². The molecule has 1 aromatic rings. The molecule has 1 aromatic heterocycles. The smallest absolute Gasteiger partial charge is 0.128 e. The molecular weight excluding hydrogens is 190 g/mol. The van der Waals surface area contributed by atoms with Crippen LogP contribution in [0.4, 0.5) is 0 Å². The Kier molecular flexibility index (Phi) is 4.05. The number of morpholine rings is 1. The van der Waals surface area contributed by atoms with Crippen molar-refractivity contribution < 1.29 is 4.74 Å². The first-order chi connectivity index (χ1) is 7.45. The van der Waals surface area contributed by atoms with Gasteiger partial charge in [-0.15, -0.1) is 0 Å². The minimum absolute atomic E-state index is 0.877. The predicted octanol–water partition coefficient (Wildman–Crippen LogP) is 0.741. The molecule has 0 spiro atoms. The molecule has 4 nitrogen and oxygen atoms in total. The van der Waals surface area contributed by atoms with Crippen LogP contribution < -0.4 is 0 Å². The Labute approximate surface area is 90.3 Å². The standard InChI is InChI=1S/C11H17N3O/c1(3-11-12-4-2-5-13-11)6-14-7-9-15-10-8-14/h2,4-5H,1,3,6-10H2. The van der Waals surface area contributed by atoms with E-state index in [0.717, 1.165) is 51.5 Å². The zero-order valence-electron chi connectivity index (χ0n) is 8.93. The van der Waals surface area contributed by atoms with Gasteiger partial charge in [0.2, 0.25) is 0 Å². The van der Waals surface area contributed by atoms with E-state index in [2.05, 4.69) is 14.9 Å². The van der Waals surface area contributed by atoms with Crippen molar-refractivity contribution in [3.63, 3.8) is 0 Å². The largest absolute Gasteiger partial charge is 0.379 e. The normalized spacial score (nSPS) is 17.9. The minimum atomic E-state index is 0.877. The molecule has 0 amide bonds. The van der Waals surface area contributed by atoms with Crippen molar-refractivity contribution >= 4 is 0 Å². The SMILES string of the molecule is c1cnc(CCCN2CCOCC2)nc1. The van der Waals surface area contributed by atoms with Crippen LogP contribution in [0.3, 0.4) is 0 Å². The second kappa shape index (κ2) is 5.78. The van der Waals surface area contributed by atoms with Gasteiger partial charge >= 0.3 is 0 Å². The lowest BCUT2D eigenvalue weighted by Crippen LogP contribution is -2.37. The van der Waals surface area contributed by atoms with Gasteiger partial charge in [0.25, 0.3) is 0 Å². The third-order valence-corrected chi connectivity index (χ3v) is 2.60. The van der Waals surface area contributed by atoms with Crippen molar-refractivity contribution in [1.82, 2.24) is 14.9 Å². The van der Waals surface area contributed by atoms with Gasteiger partial charge < -0.3 is 4.74 Å². The number of hydrogen-bond donors (Lipinski definition) is 0. The Hall–Kier alpha value is -1.00. The topological polar surface area (TPSA) is 38.2 Å². The fraction of sp³-hybridized carbons (Fsp3) is 0.636. The summed E-state index contributed by atoms with van der Waals surface area (Å²) in [6.45, 7) is 5.01. The first kappa shape index (κ1) is 10.5. The lowest BCUT2D eigenvalue weighted by Gasteiger charge is -2.26. The number of aryl methyl sites for hydroxylation is 1. The predicted molar refractivity (Wildman–Crippen MR) is 57.6 cm³/mol. The quantitative estimate of drug-likeness (QED) is 0.730. The molecule has 0 aromatic carbocycles. The summed E-state index contributed by atoms with van der Waals surface area (Å²) in [5.74, 6) is 0.950. The van der Waals surface area contributed by atoms with Crippen molar-refractivity contribution in [2.75, 3.05) is 32.8 Å². The van der Waals surface area contributed by atoms with Crippen molar-refractivity contribution in [3.05, 3.63) is 24.3 Å². The maximum atomic E-state index is 5.30. The van der Waals surface area contributed by atoms with Crippen LogP contribution in [0.15, 0.2) is 18.5 Å². The van der Waals surface area contributed by atoms with E-state index in [1.54, 1.807) is 12.4 Å². The average Bonchev–Trinajstić information content (AvgIpc) is 2.32. The maximum Gasteiger partial charge on any atom is 0.128 e. The molecule has 2 rings (SSSR count). The highest BCUT2D eigenvalue weighted by Gasteiger charge is 2.09. The third-order valence-electron chi connectivity index (χ3n) is 2.60. The van der Waals surface area contributed by atoms with E-state index in [9.17, 15) is 0 Å². The molecule has 0 N–H and O–H groups in total. The summed E-state index contributed by atoms with van der Waals surface area (Å²) < 4.78 is 5.30. The zero-order valence-corrected chi connectivity index (χ0v) is 8.93. The summed E-state index contributed by atoms with van der Waals surface area (Å²) in [4.78, 5) is 10.9. The van der Waals surface area contributed by atoms with Gasteiger partial charge in [0.15, 0.2) is 0 Å². The highest BCUT2D eigenvalue weighted by Crippen LogP contribution is 2.00. The average molecular weight is 207 g/mol.